The summed E-state index contributed by atoms with van der Waals surface area (Å²) >= 11 is 0. The fourth-order valence-electron chi connectivity index (χ4n) is 2.76. The average molecular weight is 351 g/mol. The van der Waals surface area contributed by atoms with Crippen LogP contribution in [0.25, 0.3) is 0 Å². The summed E-state index contributed by atoms with van der Waals surface area (Å²) in [6.45, 7) is 4.23. The minimum absolute atomic E-state index is 0.677. The van der Waals surface area contributed by atoms with E-state index in [1.165, 1.54) is 11.1 Å². The Morgan fingerprint density at radius 1 is 1.12 bits per heavy atom. The third kappa shape index (κ3) is 4.50. The first-order valence-corrected chi connectivity index (χ1v) is 8.62. The minimum atomic E-state index is 0.677. The molecule has 3 aromatic rings. The second-order valence-electron chi connectivity index (χ2n) is 6.15. The zero-order valence-corrected chi connectivity index (χ0v) is 15.5. The van der Waals surface area contributed by atoms with E-state index in [-0.39, 0.29) is 0 Å². The second kappa shape index (κ2) is 8.33. The number of aromatic nitrogens is 4. The molecule has 3 rings (SSSR count). The third-order valence-electron chi connectivity index (χ3n) is 4.31. The van der Waals surface area contributed by atoms with Crippen molar-refractivity contribution >= 4 is 5.96 Å². The van der Waals surface area contributed by atoms with Gasteiger partial charge in [0.25, 0.3) is 0 Å². The van der Waals surface area contributed by atoms with Crippen LogP contribution in [0.5, 0.6) is 0 Å². The topological polar surface area (TPSA) is 72.1 Å². The van der Waals surface area contributed by atoms with Gasteiger partial charge in [-0.2, -0.15) is 5.10 Å². The molecule has 0 bridgehead atoms. The average Bonchev–Trinajstić information content (AvgIpc) is 3.24. The van der Waals surface area contributed by atoms with Crippen LogP contribution in [0.3, 0.4) is 0 Å². The lowest BCUT2D eigenvalue weighted by atomic mass is 10.1. The first-order chi connectivity index (χ1) is 12.7. The lowest BCUT2D eigenvalue weighted by Crippen LogP contribution is -2.36. The van der Waals surface area contributed by atoms with E-state index in [1.807, 2.05) is 37.1 Å². The number of nitrogens with one attached hydrogen (secondary N) is 2. The highest BCUT2D eigenvalue weighted by Crippen LogP contribution is 2.08. The maximum atomic E-state index is 4.28. The molecule has 0 aliphatic rings. The number of nitrogens with zero attached hydrogens (tertiary/aromatic N) is 5. The fourth-order valence-corrected chi connectivity index (χ4v) is 2.76. The van der Waals surface area contributed by atoms with Gasteiger partial charge in [0.15, 0.2) is 5.96 Å². The number of rotatable bonds is 6. The second-order valence-corrected chi connectivity index (χ2v) is 6.15. The largest absolute Gasteiger partial charge is 0.352 e. The normalized spacial score (nSPS) is 11.6. The molecule has 0 saturated heterocycles. The van der Waals surface area contributed by atoms with Crippen LogP contribution in [-0.2, 0) is 26.7 Å². The molecule has 26 heavy (non-hydrogen) atoms. The molecule has 0 spiro atoms. The molecular formula is C19H25N7. The summed E-state index contributed by atoms with van der Waals surface area (Å²) in [5, 5.41) is 10.8. The summed E-state index contributed by atoms with van der Waals surface area (Å²) in [7, 11) is 3.71. The lowest BCUT2D eigenvalue weighted by Gasteiger charge is -2.13. The summed E-state index contributed by atoms with van der Waals surface area (Å²) in [6.07, 6.45) is 5.63. The molecule has 0 saturated carbocycles. The first kappa shape index (κ1) is 17.7. The van der Waals surface area contributed by atoms with E-state index in [1.54, 1.807) is 13.2 Å². The Morgan fingerprint density at radius 3 is 2.62 bits per heavy atom. The fraction of sp³-hybridized carbons (Fsp3) is 0.316. The van der Waals surface area contributed by atoms with Gasteiger partial charge in [-0.05, 0) is 24.1 Å². The Balaban J connectivity index is 1.55. The number of aryl methyl sites for hydroxylation is 2. The van der Waals surface area contributed by atoms with Crippen LogP contribution in [-0.4, -0.2) is 32.3 Å². The van der Waals surface area contributed by atoms with Gasteiger partial charge in [-0.15, -0.1) is 0 Å². The molecule has 1 aromatic carbocycles. The number of benzene rings is 1. The Morgan fingerprint density at radius 2 is 1.92 bits per heavy atom. The Hall–Kier alpha value is -3.09. The van der Waals surface area contributed by atoms with Gasteiger partial charge in [-0.1, -0.05) is 24.3 Å². The Kier molecular flexibility index (Phi) is 5.68. The first-order valence-electron chi connectivity index (χ1n) is 8.62. The molecule has 0 aliphatic heterocycles. The molecule has 7 nitrogen and oxygen atoms in total. The van der Waals surface area contributed by atoms with Gasteiger partial charge < -0.3 is 15.2 Å². The van der Waals surface area contributed by atoms with Crippen molar-refractivity contribution in [1.29, 1.82) is 0 Å². The zero-order chi connectivity index (χ0) is 18.4. The number of guanidine groups is 1. The summed E-state index contributed by atoms with van der Waals surface area (Å²) in [5.74, 6) is 1.79. The van der Waals surface area contributed by atoms with E-state index in [0.717, 1.165) is 24.0 Å². The smallest absolute Gasteiger partial charge is 0.191 e. The molecule has 2 N–H and O–H groups in total. The van der Waals surface area contributed by atoms with Crippen LogP contribution in [0, 0.1) is 6.92 Å². The van der Waals surface area contributed by atoms with E-state index in [2.05, 4.69) is 54.5 Å². The molecule has 7 heteroatoms. The van der Waals surface area contributed by atoms with Gasteiger partial charge in [0.2, 0.25) is 0 Å². The predicted molar refractivity (Wildman–Crippen MR) is 103 cm³/mol. The van der Waals surface area contributed by atoms with Gasteiger partial charge >= 0.3 is 0 Å². The highest BCUT2D eigenvalue weighted by Gasteiger charge is 2.03. The van der Waals surface area contributed by atoms with Crippen molar-refractivity contribution in [3.63, 3.8) is 0 Å². The molecule has 0 amide bonds. The van der Waals surface area contributed by atoms with Gasteiger partial charge in [-0.3, -0.25) is 9.67 Å². The summed E-state index contributed by atoms with van der Waals surface area (Å²) in [5.41, 5.74) is 3.57. The third-order valence-corrected chi connectivity index (χ3v) is 4.31. The zero-order valence-electron chi connectivity index (χ0n) is 15.5. The quantitative estimate of drug-likeness (QED) is 0.525. The molecule has 0 radical (unpaired) electrons. The molecule has 0 fully saturated rings. The summed E-state index contributed by atoms with van der Waals surface area (Å²) < 4.78 is 3.99. The summed E-state index contributed by atoms with van der Waals surface area (Å²) in [6, 6.07) is 10.5. The minimum Gasteiger partial charge on any atom is -0.352 e. The molecule has 2 aromatic heterocycles. The van der Waals surface area contributed by atoms with E-state index in [4.69, 9.17) is 0 Å². The molecule has 2 heterocycles. The lowest BCUT2D eigenvalue weighted by molar-refractivity contribution is 0.684. The highest BCUT2D eigenvalue weighted by atomic mass is 15.3. The molecular weight excluding hydrogens is 326 g/mol. The van der Waals surface area contributed by atoms with Crippen LogP contribution in [0.2, 0.25) is 0 Å². The van der Waals surface area contributed by atoms with Crippen LogP contribution in [0.15, 0.2) is 53.9 Å². The number of hydrogen-bond acceptors (Lipinski definition) is 3. The van der Waals surface area contributed by atoms with Crippen molar-refractivity contribution in [2.75, 3.05) is 7.05 Å². The molecule has 0 atom stereocenters. The van der Waals surface area contributed by atoms with Gasteiger partial charge in [0.1, 0.15) is 5.82 Å². The molecule has 0 aliphatic carbocycles. The van der Waals surface area contributed by atoms with Crippen molar-refractivity contribution in [1.82, 2.24) is 30.0 Å². The Bertz CT molecular complexity index is 875. The Labute approximate surface area is 153 Å². The SMILES string of the molecule is CN=C(NCc1cccc(Cn2ccnc2C)c1)NCc1ccnn1C. The van der Waals surface area contributed by atoms with Crippen LogP contribution in [0.1, 0.15) is 22.6 Å². The van der Waals surface area contributed by atoms with E-state index in [0.29, 0.717) is 13.1 Å². The van der Waals surface area contributed by atoms with Crippen molar-refractivity contribution in [2.24, 2.45) is 12.0 Å². The van der Waals surface area contributed by atoms with Gasteiger partial charge in [0.05, 0.1) is 12.2 Å². The van der Waals surface area contributed by atoms with E-state index >= 15 is 0 Å². The number of aliphatic imine (C=N–C) groups is 1. The van der Waals surface area contributed by atoms with E-state index < -0.39 is 0 Å². The van der Waals surface area contributed by atoms with Crippen molar-refractivity contribution in [3.05, 3.63) is 71.6 Å². The molecule has 0 unspecified atom stereocenters. The van der Waals surface area contributed by atoms with Crippen molar-refractivity contribution < 1.29 is 0 Å². The summed E-state index contributed by atoms with van der Waals surface area (Å²) in [4.78, 5) is 8.55. The number of hydrogen-bond donors (Lipinski definition) is 2. The van der Waals surface area contributed by atoms with Crippen molar-refractivity contribution in [2.45, 2.75) is 26.6 Å². The highest BCUT2D eigenvalue weighted by molar-refractivity contribution is 5.79. The number of imidazole rings is 1. The maximum absolute atomic E-state index is 4.28. The maximum Gasteiger partial charge on any atom is 0.191 e. The van der Waals surface area contributed by atoms with Crippen molar-refractivity contribution in [3.8, 4) is 0 Å². The standard InChI is InChI=1S/C19H25N7/c1-15-21-9-10-26(15)14-17-6-4-5-16(11-17)12-22-19(20-2)23-13-18-7-8-24-25(18)3/h4-11H,12-14H2,1-3H3,(H2,20,22,23). The van der Waals surface area contributed by atoms with Crippen LogP contribution >= 0.6 is 0 Å². The van der Waals surface area contributed by atoms with E-state index in [9.17, 15) is 0 Å². The monoisotopic (exact) mass is 351 g/mol. The van der Waals surface area contributed by atoms with Crippen LogP contribution < -0.4 is 10.6 Å². The van der Waals surface area contributed by atoms with Crippen LogP contribution in [0.4, 0.5) is 0 Å². The van der Waals surface area contributed by atoms with Gasteiger partial charge in [0, 0.05) is 45.8 Å². The van der Waals surface area contributed by atoms with Gasteiger partial charge in [-0.25, -0.2) is 4.98 Å². The predicted octanol–water partition coefficient (Wildman–Crippen LogP) is 1.84. The molecule has 136 valence electrons.